The summed E-state index contributed by atoms with van der Waals surface area (Å²) >= 11 is 1.06. The number of rotatable bonds is 3. The molecule has 0 aliphatic rings. The van der Waals surface area contributed by atoms with Crippen LogP contribution < -0.4 is 0 Å². The second kappa shape index (κ2) is 5.24. The summed E-state index contributed by atoms with van der Waals surface area (Å²) in [7, 11) is 0. The molecule has 0 saturated carbocycles. The van der Waals surface area contributed by atoms with Crippen molar-refractivity contribution in [3.63, 3.8) is 0 Å². The molecule has 1 N–H and O–H groups in total. The van der Waals surface area contributed by atoms with Crippen molar-refractivity contribution in [1.29, 1.82) is 0 Å². The number of aromatic carboxylic acids is 1. The van der Waals surface area contributed by atoms with E-state index in [0.717, 1.165) is 23.5 Å². The number of carbonyl (C=O) groups is 1. The van der Waals surface area contributed by atoms with Crippen molar-refractivity contribution in [3.05, 3.63) is 51.0 Å². The zero-order chi connectivity index (χ0) is 14.9. The van der Waals surface area contributed by atoms with E-state index in [4.69, 9.17) is 5.11 Å². The minimum absolute atomic E-state index is 0.127. The largest absolute Gasteiger partial charge is 0.477 e. The standard InChI is InChI=1S/C13H10F3NO2S/c1-7-17-10(11(20-7)12(18)19)6-8-2-4-9(5-3-8)13(14,15)16/h2-5H,6H2,1H3,(H,18,19). The van der Waals surface area contributed by atoms with E-state index in [2.05, 4.69) is 4.98 Å². The highest BCUT2D eigenvalue weighted by atomic mass is 32.1. The van der Waals surface area contributed by atoms with Crippen molar-refractivity contribution in [2.24, 2.45) is 0 Å². The third kappa shape index (κ3) is 3.16. The quantitative estimate of drug-likeness (QED) is 0.939. The Balaban J connectivity index is 2.25. The van der Waals surface area contributed by atoms with Gasteiger partial charge in [0.15, 0.2) is 0 Å². The van der Waals surface area contributed by atoms with Crippen LogP contribution in [-0.2, 0) is 12.6 Å². The molecule has 20 heavy (non-hydrogen) atoms. The van der Waals surface area contributed by atoms with Gasteiger partial charge in [0.25, 0.3) is 0 Å². The Kier molecular flexibility index (Phi) is 3.80. The number of halogens is 3. The van der Waals surface area contributed by atoms with E-state index >= 15 is 0 Å². The summed E-state index contributed by atoms with van der Waals surface area (Å²) in [5.41, 5.74) is 0.236. The lowest BCUT2D eigenvalue weighted by Crippen LogP contribution is -2.05. The molecule has 0 fully saturated rings. The third-order valence-corrected chi connectivity index (χ3v) is 3.65. The molecule has 0 aliphatic heterocycles. The Morgan fingerprint density at radius 2 is 1.90 bits per heavy atom. The lowest BCUT2D eigenvalue weighted by atomic mass is 10.1. The maximum absolute atomic E-state index is 12.4. The van der Waals surface area contributed by atoms with Crippen LogP contribution in [0, 0.1) is 6.92 Å². The highest BCUT2D eigenvalue weighted by Crippen LogP contribution is 2.29. The second-order valence-corrected chi connectivity index (χ2v) is 5.39. The summed E-state index contributed by atoms with van der Waals surface area (Å²) in [6.45, 7) is 1.69. The van der Waals surface area contributed by atoms with Gasteiger partial charge in [-0.15, -0.1) is 11.3 Å². The van der Waals surface area contributed by atoms with Crippen molar-refractivity contribution < 1.29 is 23.1 Å². The molecule has 0 unspecified atom stereocenters. The van der Waals surface area contributed by atoms with Crippen molar-refractivity contribution in [1.82, 2.24) is 4.98 Å². The number of aromatic nitrogens is 1. The van der Waals surface area contributed by atoms with E-state index in [9.17, 15) is 18.0 Å². The fraction of sp³-hybridized carbons (Fsp3) is 0.231. The third-order valence-electron chi connectivity index (χ3n) is 2.65. The molecule has 0 bridgehead atoms. The van der Waals surface area contributed by atoms with Gasteiger partial charge in [0.05, 0.1) is 16.3 Å². The summed E-state index contributed by atoms with van der Waals surface area (Å²) < 4.78 is 37.3. The minimum Gasteiger partial charge on any atom is -0.477 e. The van der Waals surface area contributed by atoms with Gasteiger partial charge >= 0.3 is 12.1 Å². The van der Waals surface area contributed by atoms with Crippen LogP contribution >= 0.6 is 11.3 Å². The Morgan fingerprint density at radius 3 is 2.40 bits per heavy atom. The fourth-order valence-electron chi connectivity index (χ4n) is 1.76. The van der Waals surface area contributed by atoms with Gasteiger partial charge in [0, 0.05) is 6.42 Å². The van der Waals surface area contributed by atoms with Gasteiger partial charge in [-0.1, -0.05) is 12.1 Å². The number of nitrogens with zero attached hydrogens (tertiary/aromatic N) is 1. The summed E-state index contributed by atoms with van der Waals surface area (Å²) in [5, 5.41) is 9.64. The summed E-state index contributed by atoms with van der Waals surface area (Å²) in [5.74, 6) is -1.07. The van der Waals surface area contributed by atoms with Gasteiger partial charge in [0.2, 0.25) is 0 Å². The smallest absolute Gasteiger partial charge is 0.416 e. The van der Waals surface area contributed by atoms with Crippen LogP contribution in [0.5, 0.6) is 0 Å². The topological polar surface area (TPSA) is 50.2 Å². The Bertz CT molecular complexity index is 632. The molecular weight excluding hydrogens is 291 g/mol. The molecule has 1 aromatic heterocycles. The highest BCUT2D eigenvalue weighted by molar-refractivity contribution is 7.13. The number of benzene rings is 1. The molecule has 0 radical (unpaired) electrons. The molecule has 2 rings (SSSR count). The molecule has 1 aromatic carbocycles. The molecule has 2 aromatic rings. The Hall–Kier alpha value is -1.89. The molecule has 7 heteroatoms. The highest BCUT2D eigenvalue weighted by Gasteiger charge is 2.30. The predicted molar refractivity (Wildman–Crippen MR) is 68.1 cm³/mol. The van der Waals surface area contributed by atoms with Crippen molar-refractivity contribution in [2.45, 2.75) is 19.5 Å². The lowest BCUT2D eigenvalue weighted by molar-refractivity contribution is -0.137. The first kappa shape index (κ1) is 14.5. The molecule has 1 heterocycles. The lowest BCUT2D eigenvalue weighted by Gasteiger charge is -2.07. The maximum atomic E-state index is 12.4. The number of aryl methyl sites for hydroxylation is 1. The molecule has 106 valence electrons. The van der Waals surface area contributed by atoms with E-state index in [1.807, 2.05) is 0 Å². The monoisotopic (exact) mass is 301 g/mol. The van der Waals surface area contributed by atoms with E-state index in [1.165, 1.54) is 12.1 Å². The van der Waals surface area contributed by atoms with Gasteiger partial charge in [-0.25, -0.2) is 9.78 Å². The zero-order valence-corrected chi connectivity index (χ0v) is 11.2. The van der Waals surface area contributed by atoms with Crippen molar-refractivity contribution in [2.75, 3.05) is 0 Å². The summed E-state index contributed by atoms with van der Waals surface area (Å²) in [6.07, 6.45) is -4.17. The second-order valence-electron chi connectivity index (χ2n) is 4.19. The van der Waals surface area contributed by atoms with Crippen LogP contribution in [0.25, 0.3) is 0 Å². The minimum atomic E-state index is -4.37. The van der Waals surface area contributed by atoms with Crippen LogP contribution in [-0.4, -0.2) is 16.1 Å². The summed E-state index contributed by atoms with van der Waals surface area (Å²) in [6, 6.07) is 4.64. The predicted octanol–water partition coefficient (Wildman–Crippen LogP) is 3.76. The Labute approximate surface area is 116 Å². The van der Waals surface area contributed by atoms with Gasteiger partial charge in [-0.05, 0) is 24.6 Å². The van der Waals surface area contributed by atoms with Crippen LogP contribution in [0.3, 0.4) is 0 Å². The molecule has 0 amide bonds. The summed E-state index contributed by atoms with van der Waals surface area (Å²) in [4.78, 5) is 15.3. The maximum Gasteiger partial charge on any atom is 0.416 e. The molecule has 0 spiro atoms. The molecule has 0 saturated heterocycles. The molecule has 3 nitrogen and oxygen atoms in total. The number of carboxylic acids is 1. The number of hydrogen-bond acceptors (Lipinski definition) is 3. The van der Waals surface area contributed by atoms with Crippen molar-refractivity contribution >= 4 is 17.3 Å². The van der Waals surface area contributed by atoms with Gasteiger partial charge in [-0.2, -0.15) is 13.2 Å². The number of hydrogen-bond donors (Lipinski definition) is 1. The van der Waals surface area contributed by atoms with E-state index < -0.39 is 17.7 Å². The average Bonchev–Trinajstić information content (AvgIpc) is 2.70. The van der Waals surface area contributed by atoms with Gasteiger partial charge < -0.3 is 5.11 Å². The molecule has 0 atom stereocenters. The normalized spacial score (nSPS) is 11.6. The van der Waals surface area contributed by atoms with E-state index in [-0.39, 0.29) is 11.3 Å². The first-order valence-corrected chi connectivity index (χ1v) is 6.45. The fourth-order valence-corrected chi connectivity index (χ4v) is 2.54. The molecule has 0 aliphatic carbocycles. The van der Waals surface area contributed by atoms with Crippen molar-refractivity contribution in [3.8, 4) is 0 Å². The van der Waals surface area contributed by atoms with Crippen LogP contribution in [0.4, 0.5) is 13.2 Å². The number of alkyl halides is 3. The van der Waals surface area contributed by atoms with E-state index in [0.29, 0.717) is 16.3 Å². The van der Waals surface area contributed by atoms with Crippen LogP contribution in [0.15, 0.2) is 24.3 Å². The average molecular weight is 301 g/mol. The van der Waals surface area contributed by atoms with E-state index in [1.54, 1.807) is 6.92 Å². The first-order chi connectivity index (χ1) is 9.27. The number of carboxylic acid groups (broad SMARTS) is 1. The van der Waals surface area contributed by atoms with Gasteiger partial charge in [0.1, 0.15) is 4.88 Å². The van der Waals surface area contributed by atoms with Crippen LogP contribution in [0.2, 0.25) is 0 Å². The first-order valence-electron chi connectivity index (χ1n) is 5.63. The number of thiazole rings is 1. The molecular formula is C13H10F3NO2S. The zero-order valence-electron chi connectivity index (χ0n) is 10.4. The Morgan fingerprint density at radius 1 is 1.30 bits per heavy atom. The SMILES string of the molecule is Cc1nc(Cc2ccc(C(F)(F)F)cc2)c(C(=O)O)s1. The van der Waals surface area contributed by atoms with Crippen LogP contribution in [0.1, 0.15) is 31.5 Å². The van der Waals surface area contributed by atoms with Gasteiger partial charge in [-0.3, -0.25) is 0 Å².